The van der Waals surface area contributed by atoms with Gasteiger partial charge < -0.3 is 10.1 Å². The van der Waals surface area contributed by atoms with Crippen molar-refractivity contribution in [3.63, 3.8) is 0 Å². The normalized spacial score (nSPS) is 11.4. The molecule has 0 atom stereocenters. The fourth-order valence-electron chi connectivity index (χ4n) is 2.18. The number of aromatic nitrogens is 2. The Morgan fingerprint density at radius 1 is 1.33 bits per heavy atom. The minimum atomic E-state index is 0.0915. The van der Waals surface area contributed by atoms with Crippen LogP contribution in [0.5, 0.6) is 0 Å². The van der Waals surface area contributed by atoms with Crippen molar-refractivity contribution in [3.8, 4) is 0 Å². The predicted molar refractivity (Wildman–Crippen MR) is 73.7 cm³/mol. The Balaban J connectivity index is 2.21. The molecule has 0 fully saturated rings. The zero-order chi connectivity index (χ0) is 12.5. The van der Waals surface area contributed by atoms with E-state index in [0.717, 1.165) is 33.9 Å². The van der Waals surface area contributed by atoms with Crippen molar-refractivity contribution in [1.82, 2.24) is 9.97 Å². The molecule has 3 nitrogen and oxygen atoms in total. The average molecular weight is 260 g/mol. The van der Waals surface area contributed by atoms with Gasteiger partial charge in [0.1, 0.15) is 5.65 Å². The van der Waals surface area contributed by atoms with Gasteiger partial charge in [0, 0.05) is 29.1 Å². The molecule has 4 heteroatoms. The molecule has 1 radical (unpaired) electrons. The van der Waals surface area contributed by atoms with Crippen molar-refractivity contribution in [2.45, 2.75) is 6.42 Å². The monoisotopic (exact) mass is 259 g/mol. The van der Waals surface area contributed by atoms with Crippen LogP contribution in [0.1, 0.15) is 5.56 Å². The van der Waals surface area contributed by atoms with Gasteiger partial charge in [-0.15, -0.1) is 0 Å². The maximum absolute atomic E-state index is 8.82. The van der Waals surface area contributed by atoms with Crippen LogP contribution in [0.15, 0.2) is 30.5 Å². The van der Waals surface area contributed by atoms with Crippen LogP contribution in [0.3, 0.4) is 0 Å². The van der Waals surface area contributed by atoms with E-state index in [1.807, 2.05) is 18.6 Å². The lowest BCUT2D eigenvalue weighted by atomic mass is 10.1. The van der Waals surface area contributed by atoms with Gasteiger partial charge in [0.2, 0.25) is 0 Å². The van der Waals surface area contributed by atoms with Gasteiger partial charge >= 0.3 is 0 Å². The van der Waals surface area contributed by atoms with Crippen LogP contribution >= 0.6 is 11.6 Å². The highest BCUT2D eigenvalue weighted by atomic mass is 35.5. The van der Waals surface area contributed by atoms with Gasteiger partial charge in [-0.25, -0.2) is 4.98 Å². The van der Waals surface area contributed by atoms with Gasteiger partial charge in [-0.1, -0.05) is 17.7 Å². The molecular formula is C14H12ClN2O. The summed E-state index contributed by atoms with van der Waals surface area (Å²) >= 11 is 6.23. The summed E-state index contributed by atoms with van der Waals surface area (Å²) in [7, 11) is 0. The summed E-state index contributed by atoms with van der Waals surface area (Å²) in [6.45, 7) is 0.0915. The highest BCUT2D eigenvalue weighted by molar-refractivity contribution is 6.37. The van der Waals surface area contributed by atoms with E-state index < -0.39 is 0 Å². The van der Waals surface area contributed by atoms with Crippen molar-refractivity contribution in [1.29, 1.82) is 0 Å². The van der Waals surface area contributed by atoms with Gasteiger partial charge in [-0.3, -0.25) is 0 Å². The van der Waals surface area contributed by atoms with Crippen LogP contribution in [0.2, 0.25) is 5.02 Å². The Hall–Kier alpha value is -1.58. The van der Waals surface area contributed by atoms with Crippen LogP contribution in [-0.2, 0) is 6.42 Å². The Bertz CT molecular complexity index is 705. The highest BCUT2D eigenvalue weighted by Crippen LogP contribution is 2.30. The first-order valence-electron chi connectivity index (χ1n) is 5.77. The topological polar surface area (TPSA) is 48.9 Å². The number of hydrogen-bond donors (Lipinski definition) is 2. The second-order valence-corrected chi connectivity index (χ2v) is 4.60. The van der Waals surface area contributed by atoms with E-state index >= 15 is 0 Å². The van der Waals surface area contributed by atoms with E-state index in [-0.39, 0.29) is 6.61 Å². The fraction of sp³-hybridized carbons (Fsp3) is 0.143. The number of H-pyrrole nitrogens is 1. The Kier molecular flexibility index (Phi) is 2.94. The molecule has 0 unspecified atom stereocenters. The second-order valence-electron chi connectivity index (χ2n) is 4.20. The largest absolute Gasteiger partial charge is 0.396 e. The van der Waals surface area contributed by atoms with Crippen molar-refractivity contribution in [2.24, 2.45) is 0 Å². The summed E-state index contributed by atoms with van der Waals surface area (Å²) in [5.74, 6) is 0. The van der Waals surface area contributed by atoms with Gasteiger partial charge in [-0.05, 0) is 36.6 Å². The number of aliphatic hydroxyl groups excluding tert-OH is 1. The minimum Gasteiger partial charge on any atom is -0.396 e. The first-order valence-corrected chi connectivity index (χ1v) is 6.15. The number of nitrogens with one attached hydrogen (secondary N) is 1. The lowest BCUT2D eigenvalue weighted by Gasteiger charge is -2.00. The first-order chi connectivity index (χ1) is 8.79. The number of rotatable bonds is 3. The standard InChI is InChI=1S/C14H12ClN2O/c15-11-5-6-16-14-13(11)10-8-9(2-1-7-18)3-4-12(10)17-14/h1,3-6,8,18H,2,7H2,(H,16,17). The summed E-state index contributed by atoms with van der Waals surface area (Å²) in [6, 6.07) is 7.95. The molecule has 0 spiro atoms. The summed E-state index contributed by atoms with van der Waals surface area (Å²) < 4.78 is 0. The zero-order valence-corrected chi connectivity index (χ0v) is 10.4. The maximum atomic E-state index is 8.82. The lowest BCUT2D eigenvalue weighted by molar-refractivity contribution is 0.325. The highest BCUT2D eigenvalue weighted by Gasteiger charge is 2.09. The van der Waals surface area contributed by atoms with E-state index in [0.29, 0.717) is 5.02 Å². The predicted octanol–water partition coefficient (Wildman–Crippen LogP) is 3.11. The van der Waals surface area contributed by atoms with Crippen LogP contribution in [0.25, 0.3) is 21.9 Å². The van der Waals surface area contributed by atoms with Gasteiger partial charge in [0.25, 0.3) is 0 Å². The lowest BCUT2D eigenvalue weighted by Crippen LogP contribution is -1.89. The third-order valence-corrected chi connectivity index (χ3v) is 3.33. The van der Waals surface area contributed by atoms with E-state index in [2.05, 4.69) is 16.0 Å². The number of aromatic amines is 1. The molecule has 2 heterocycles. The SMILES string of the molecule is OC[CH]Cc1ccc2[nH]c3nccc(Cl)c3c2c1. The molecule has 2 aromatic heterocycles. The summed E-state index contributed by atoms with van der Waals surface area (Å²) in [6.07, 6.45) is 4.27. The van der Waals surface area contributed by atoms with Gasteiger partial charge in [0.15, 0.2) is 0 Å². The number of benzene rings is 1. The van der Waals surface area contributed by atoms with Gasteiger partial charge in [-0.2, -0.15) is 0 Å². The van der Waals surface area contributed by atoms with Gasteiger partial charge in [0.05, 0.1) is 5.02 Å². The maximum Gasteiger partial charge on any atom is 0.139 e. The molecule has 0 bridgehead atoms. The first kappa shape index (κ1) is 11.5. The molecule has 0 aliphatic rings. The van der Waals surface area contributed by atoms with Crippen LogP contribution in [0.4, 0.5) is 0 Å². The molecule has 0 aliphatic carbocycles. The number of pyridine rings is 1. The molecule has 3 aromatic rings. The van der Waals surface area contributed by atoms with Crippen molar-refractivity contribution in [2.75, 3.05) is 6.61 Å². The Labute approximate surface area is 109 Å². The quantitative estimate of drug-likeness (QED) is 0.759. The molecule has 3 rings (SSSR count). The van der Waals surface area contributed by atoms with Crippen LogP contribution < -0.4 is 0 Å². The Morgan fingerprint density at radius 3 is 3.06 bits per heavy atom. The summed E-state index contributed by atoms with van der Waals surface area (Å²) in [4.78, 5) is 7.53. The summed E-state index contributed by atoms with van der Waals surface area (Å²) in [5, 5.41) is 11.6. The van der Waals surface area contributed by atoms with Crippen molar-refractivity contribution in [3.05, 3.63) is 47.5 Å². The van der Waals surface area contributed by atoms with E-state index in [9.17, 15) is 0 Å². The smallest absolute Gasteiger partial charge is 0.139 e. The number of aliphatic hydroxyl groups is 1. The van der Waals surface area contributed by atoms with Crippen molar-refractivity contribution >= 4 is 33.5 Å². The summed E-state index contributed by atoms with van der Waals surface area (Å²) in [5.41, 5.74) is 2.98. The van der Waals surface area contributed by atoms with Crippen LogP contribution in [-0.4, -0.2) is 21.7 Å². The molecule has 0 aliphatic heterocycles. The van der Waals surface area contributed by atoms with Crippen molar-refractivity contribution < 1.29 is 5.11 Å². The Morgan fingerprint density at radius 2 is 2.22 bits per heavy atom. The van der Waals surface area contributed by atoms with E-state index in [1.165, 1.54) is 0 Å². The number of halogens is 1. The molecule has 0 saturated heterocycles. The number of hydrogen-bond acceptors (Lipinski definition) is 2. The zero-order valence-electron chi connectivity index (χ0n) is 9.65. The molecule has 2 N–H and O–H groups in total. The second kappa shape index (κ2) is 4.59. The van der Waals surface area contributed by atoms with E-state index in [4.69, 9.17) is 16.7 Å². The third-order valence-electron chi connectivity index (χ3n) is 3.02. The fourth-order valence-corrected chi connectivity index (χ4v) is 2.43. The molecule has 91 valence electrons. The molecular weight excluding hydrogens is 248 g/mol. The molecule has 0 amide bonds. The number of nitrogens with zero attached hydrogens (tertiary/aromatic N) is 1. The molecule has 0 saturated carbocycles. The minimum absolute atomic E-state index is 0.0915. The van der Waals surface area contributed by atoms with Crippen LogP contribution in [0, 0.1) is 6.42 Å². The molecule has 18 heavy (non-hydrogen) atoms. The van der Waals surface area contributed by atoms with E-state index in [1.54, 1.807) is 12.3 Å². The molecule has 1 aromatic carbocycles. The number of fused-ring (bicyclic) bond motifs is 3. The average Bonchev–Trinajstić information content (AvgIpc) is 2.75. The third kappa shape index (κ3) is 1.85.